The van der Waals surface area contributed by atoms with Crippen LogP contribution in [0.15, 0.2) is 42.7 Å². The summed E-state index contributed by atoms with van der Waals surface area (Å²) >= 11 is 0. The van der Waals surface area contributed by atoms with Gasteiger partial charge in [0.25, 0.3) is 0 Å². The highest BCUT2D eigenvalue weighted by Gasteiger charge is 2.12. The predicted octanol–water partition coefficient (Wildman–Crippen LogP) is 1.43. The average Bonchev–Trinajstić information content (AvgIpc) is 2.91. The van der Waals surface area contributed by atoms with Crippen molar-refractivity contribution >= 4 is 28.6 Å². The summed E-state index contributed by atoms with van der Waals surface area (Å²) in [5, 5.41) is 10.7. The summed E-state index contributed by atoms with van der Waals surface area (Å²) in [7, 11) is 1.76. The van der Waals surface area contributed by atoms with Gasteiger partial charge in [-0.15, -0.1) is 0 Å². The standard InChI is InChI=1S/C14H14N6O/c1-20(14-15-7-4-8-16-14)9-12(21)17-13-10-5-2-3-6-11(10)18-19-13/h2-8H,9H2,1H3,(H2,17,18,19,21). The zero-order valence-electron chi connectivity index (χ0n) is 11.4. The van der Waals surface area contributed by atoms with Crippen molar-refractivity contribution < 1.29 is 4.79 Å². The van der Waals surface area contributed by atoms with E-state index in [0.717, 1.165) is 10.9 Å². The number of para-hydroxylation sites is 1. The molecule has 21 heavy (non-hydrogen) atoms. The third kappa shape index (κ3) is 2.81. The molecule has 3 rings (SSSR count). The summed E-state index contributed by atoms with van der Waals surface area (Å²) in [5.74, 6) is 0.847. The molecule has 0 aliphatic heterocycles. The minimum Gasteiger partial charge on any atom is -0.335 e. The molecule has 0 aliphatic carbocycles. The van der Waals surface area contributed by atoms with Crippen LogP contribution in [0, 0.1) is 0 Å². The fourth-order valence-corrected chi connectivity index (χ4v) is 2.00. The third-order valence-corrected chi connectivity index (χ3v) is 3.00. The molecule has 1 aromatic carbocycles. The summed E-state index contributed by atoms with van der Waals surface area (Å²) in [6, 6.07) is 9.34. The van der Waals surface area contributed by atoms with Crippen LogP contribution in [0.4, 0.5) is 11.8 Å². The van der Waals surface area contributed by atoms with Crippen LogP contribution in [0.1, 0.15) is 0 Å². The number of carbonyl (C=O) groups is 1. The number of carbonyl (C=O) groups excluding carboxylic acids is 1. The molecule has 2 heterocycles. The third-order valence-electron chi connectivity index (χ3n) is 3.00. The van der Waals surface area contributed by atoms with Crippen LogP contribution >= 0.6 is 0 Å². The van der Waals surface area contributed by atoms with E-state index >= 15 is 0 Å². The lowest BCUT2D eigenvalue weighted by atomic mass is 10.2. The van der Waals surface area contributed by atoms with Crippen LogP contribution in [0.25, 0.3) is 10.9 Å². The maximum atomic E-state index is 12.1. The molecule has 0 saturated carbocycles. The minimum atomic E-state index is -0.179. The van der Waals surface area contributed by atoms with Crippen LogP contribution in [-0.4, -0.2) is 39.7 Å². The molecular formula is C14H14N6O. The SMILES string of the molecule is CN(CC(=O)Nc1n[nH]c2ccccc12)c1ncccn1. The van der Waals surface area contributed by atoms with E-state index in [0.29, 0.717) is 11.8 Å². The summed E-state index contributed by atoms with van der Waals surface area (Å²) in [5.41, 5.74) is 0.882. The van der Waals surface area contributed by atoms with E-state index in [1.807, 2.05) is 24.3 Å². The topological polar surface area (TPSA) is 86.8 Å². The number of fused-ring (bicyclic) bond motifs is 1. The van der Waals surface area contributed by atoms with Crippen LogP contribution < -0.4 is 10.2 Å². The first-order valence-electron chi connectivity index (χ1n) is 6.45. The second-order valence-corrected chi connectivity index (χ2v) is 4.57. The van der Waals surface area contributed by atoms with Crippen molar-refractivity contribution in [2.75, 3.05) is 23.8 Å². The van der Waals surface area contributed by atoms with Gasteiger partial charge in [-0.1, -0.05) is 12.1 Å². The molecule has 0 atom stereocenters. The summed E-state index contributed by atoms with van der Waals surface area (Å²) in [6.45, 7) is 0.144. The first-order chi connectivity index (χ1) is 10.2. The molecule has 0 radical (unpaired) electrons. The lowest BCUT2D eigenvalue weighted by molar-refractivity contribution is -0.114. The number of benzene rings is 1. The highest BCUT2D eigenvalue weighted by Crippen LogP contribution is 2.19. The van der Waals surface area contributed by atoms with Gasteiger partial charge in [-0.3, -0.25) is 9.89 Å². The highest BCUT2D eigenvalue weighted by atomic mass is 16.2. The van der Waals surface area contributed by atoms with Gasteiger partial charge in [0.15, 0.2) is 5.82 Å². The van der Waals surface area contributed by atoms with Gasteiger partial charge in [0.05, 0.1) is 12.1 Å². The van der Waals surface area contributed by atoms with Gasteiger partial charge in [-0.2, -0.15) is 5.10 Å². The van der Waals surface area contributed by atoms with E-state index in [4.69, 9.17) is 0 Å². The second kappa shape index (κ2) is 5.58. The average molecular weight is 282 g/mol. The van der Waals surface area contributed by atoms with Gasteiger partial charge in [0.2, 0.25) is 11.9 Å². The summed E-state index contributed by atoms with van der Waals surface area (Å²) < 4.78 is 0. The Bertz CT molecular complexity index is 754. The number of likely N-dealkylation sites (N-methyl/N-ethyl adjacent to an activating group) is 1. The fourth-order valence-electron chi connectivity index (χ4n) is 2.00. The Hall–Kier alpha value is -2.96. The smallest absolute Gasteiger partial charge is 0.245 e. The number of nitrogens with zero attached hydrogens (tertiary/aromatic N) is 4. The molecule has 1 amide bonds. The first kappa shape index (κ1) is 13.0. The molecule has 0 unspecified atom stereocenters. The Morgan fingerprint density at radius 3 is 2.81 bits per heavy atom. The summed E-state index contributed by atoms with van der Waals surface area (Å²) in [4.78, 5) is 21.9. The molecule has 7 nitrogen and oxygen atoms in total. The van der Waals surface area contributed by atoms with Gasteiger partial charge in [-0.25, -0.2) is 9.97 Å². The predicted molar refractivity (Wildman–Crippen MR) is 80.0 cm³/mol. The Labute approximate surface area is 121 Å². The molecule has 0 fully saturated rings. The molecule has 0 saturated heterocycles. The van der Waals surface area contributed by atoms with Crippen molar-refractivity contribution in [3.8, 4) is 0 Å². The quantitative estimate of drug-likeness (QED) is 0.756. The first-order valence-corrected chi connectivity index (χ1v) is 6.45. The summed E-state index contributed by atoms with van der Waals surface area (Å²) in [6.07, 6.45) is 3.27. The zero-order chi connectivity index (χ0) is 14.7. The van der Waals surface area contributed by atoms with Gasteiger partial charge < -0.3 is 10.2 Å². The van der Waals surface area contributed by atoms with E-state index in [-0.39, 0.29) is 12.5 Å². The molecule has 2 aromatic heterocycles. The van der Waals surface area contributed by atoms with Crippen LogP contribution in [0.5, 0.6) is 0 Å². The Morgan fingerprint density at radius 1 is 1.24 bits per heavy atom. The second-order valence-electron chi connectivity index (χ2n) is 4.57. The van der Waals surface area contributed by atoms with E-state index in [2.05, 4.69) is 25.5 Å². The molecular weight excluding hydrogens is 268 g/mol. The number of hydrogen-bond acceptors (Lipinski definition) is 5. The molecule has 106 valence electrons. The van der Waals surface area contributed by atoms with Crippen molar-refractivity contribution in [3.05, 3.63) is 42.7 Å². The lowest BCUT2D eigenvalue weighted by Gasteiger charge is -2.15. The van der Waals surface area contributed by atoms with E-state index in [9.17, 15) is 4.79 Å². The molecule has 0 spiro atoms. The number of rotatable bonds is 4. The van der Waals surface area contributed by atoms with E-state index in [1.54, 1.807) is 30.4 Å². The molecule has 0 aliphatic rings. The number of hydrogen-bond donors (Lipinski definition) is 2. The number of anilines is 2. The van der Waals surface area contributed by atoms with Gasteiger partial charge in [-0.05, 0) is 18.2 Å². The fraction of sp³-hybridized carbons (Fsp3) is 0.143. The normalized spacial score (nSPS) is 10.5. The van der Waals surface area contributed by atoms with Crippen molar-refractivity contribution in [3.63, 3.8) is 0 Å². The number of amides is 1. The highest BCUT2D eigenvalue weighted by molar-refractivity contribution is 6.00. The van der Waals surface area contributed by atoms with Crippen LogP contribution in [-0.2, 0) is 4.79 Å². The van der Waals surface area contributed by atoms with Crippen molar-refractivity contribution in [1.29, 1.82) is 0 Å². The lowest BCUT2D eigenvalue weighted by Crippen LogP contribution is -2.31. The number of aromatic nitrogens is 4. The van der Waals surface area contributed by atoms with E-state index < -0.39 is 0 Å². The molecule has 2 N–H and O–H groups in total. The molecule has 3 aromatic rings. The maximum absolute atomic E-state index is 12.1. The van der Waals surface area contributed by atoms with Crippen molar-refractivity contribution in [2.45, 2.75) is 0 Å². The van der Waals surface area contributed by atoms with Gasteiger partial charge >= 0.3 is 0 Å². The van der Waals surface area contributed by atoms with Crippen LogP contribution in [0.3, 0.4) is 0 Å². The maximum Gasteiger partial charge on any atom is 0.245 e. The van der Waals surface area contributed by atoms with Crippen molar-refractivity contribution in [1.82, 2.24) is 20.2 Å². The van der Waals surface area contributed by atoms with Crippen molar-refractivity contribution in [2.24, 2.45) is 0 Å². The molecule has 7 heteroatoms. The van der Waals surface area contributed by atoms with Gasteiger partial charge in [0, 0.05) is 24.8 Å². The van der Waals surface area contributed by atoms with E-state index in [1.165, 1.54) is 0 Å². The largest absolute Gasteiger partial charge is 0.335 e. The Balaban J connectivity index is 1.69. The molecule has 0 bridgehead atoms. The van der Waals surface area contributed by atoms with Gasteiger partial charge in [0.1, 0.15) is 0 Å². The van der Waals surface area contributed by atoms with Crippen LogP contribution in [0.2, 0.25) is 0 Å². The zero-order valence-corrected chi connectivity index (χ0v) is 11.4. The number of aromatic amines is 1. The monoisotopic (exact) mass is 282 g/mol. The Morgan fingerprint density at radius 2 is 2.00 bits per heavy atom. The number of H-pyrrole nitrogens is 1. The Kier molecular flexibility index (Phi) is 3.46. The minimum absolute atomic E-state index is 0.144. The number of nitrogens with one attached hydrogen (secondary N) is 2.